The van der Waals surface area contributed by atoms with E-state index in [4.69, 9.17) is 0 Å². The molecule has 0 aromatic carbocycles. The second-order valence-corrected chi connectivity index (χ2v) is 7.42. The quantitative estimate of drug-likeness (QED) is 0.768. The van der Waals surface area contributed by atoms with Crippen molar-refractivity contribution >= 4 is 10.0 Å². The van der Waals surface area contributed by atoms with Gasteiger partial charge >= 0.3 is 0 Å². The van der Waals surface area contributed by atoms with Crippen molar-refractivity contribution in [1.82, 2.24) is 4.72 Å². The Kier molecular flexibility index (Phi) is 5.41. The molecule has 0 aliphatic heterocycles. The molecule has 0 saturated heterocycles. The van der Waals surface area contributed by atoms with Crippen LogP contribution in [-0.4, -0.2) is 30.9 Å². The Labute approximate surface area is 105 Å². The van der Waals surface area contributed by atoms with Crippen LogP contribution in [0.15, 0.2) is 0 Å². The maximum absolute atomic E-state index is 12.0. The van der Waals surface area contributed by atoms with E-state index in [2.05, 4.69) is 4.72 Å². The summed E-state index contributed by atoms with van der Waals surface area (Å²) in [5.41, 5.74) is -0.934. The second kappa shape index (κ2) is 6.16. The first kappa shape index (κ1) is 14.9. The van der Waals surface area contributed by atoms with Crippen LogP contribution in [0.25, 0.3) is 0 Å². The van der Waals surface area contributed by atoms with E-state index in [1.165, 1.54) is 0 Å². The first-order valence-electron chi connectivity index (χ1n) is 6.58. The van der Waals surface area contributed by atoms with Gasteiger partial charge in [0.25, 0.3) is 0 Å². The molecule has 5 heteroatoms. The highest BCUT2D eigenvalue weighted by Gasteiger charge is 2.29. The van der Waals surface area contributed by atoms with Gasteiger partial charge in [0, 0.05) is 6.54 Å². The maximum Gasteiger partial charge on any atom is 0.214 e. The molecular weight excluding hydrogens is 238 g/mol. The molecule has 102 valence electrons. The fourth-order valence-electron chi connectivity index (χ4n) is 2.38. The van der Waals surface area contributed by atoms with Crippen LogP contribution < -0.4 is 4.72 Å². The summed E-state index contributed by atoms with van der Waals surface area (Å²) in [5, 5.41) is 9.69. The molecule has 17 heavy (non-hydrogen) atoms. The summed E-state index contributed by atoms with van der Waals surface area (Å²) in [6, 6.07) is 0. The third kappa shape index (κ3) is 4.94. The molecule has 1 aliphatic carbocycles. The van der Waals surface area contributed by atoms with E-state index in [0.29, 0.717) is 6.42 Å². The Morgan fingerprint density at radius 1 is 1.29 bits per heavy atom. The van der Waals surface area contributed by atoms with E-state index in [-0.39, 0.29) is 11.8 Å². The number of sulfonamides is 1. The lowest BCUT2D eigenvalue weighted by Gasteiger charge is -2.26. The van der Waals surface area contributed by atoms with Crippen LogP contribution in [0.4, 0.5) is 0 Å². The largest absolute Gasteiger partial charge is 0.389 e. The molecule has 0 radical (unpaired) electrons. The van der Waals surface area contributed by atoms with Crippen molar-refractivity contribution in [2.75, 3.05) is 6.54 Å². The molecule has 1 rings (SSSR count). The molecule has 2 N–H and O–H groups in total. The molecule has 0 aromatic heterocycles. The van der Waals surface area contributed by atoms with Gasteiger partial charge < -0.3 is 5.11 Å². The smallest absolute Gasteiger partial charge is 0.214 e. The lowest BCUT2D eigenvalue weighted by atomic mass is 10.0. The van der Waals surface area contributed by atoms with E-state index in [9.17, 15) is 13.5 Å². The van der Waals surface area contributed by atoms with Crippen LogP contribution in [0, 0.1) is 0 Å². The minimum Gasteiger partial charge on any atom is -0.389 e. The van der Waals surface area contributed by atoms with Crippen molar-refractivity contribution in [3.63, 3.8) is 0 Å². The Morgan fingerprint density at radius 3 is 2.41 bits per heavy atom. The zero-order valence-electron chi connectivity index (χ0n) is 10.9. The van der Waals surface area contributed by atoms with Crippen LogP contribution in [0.2, 0.25) is 0 Å². The van der Waals surface area contributed by atoms with Crippen LogP contribution in [0.1, 0.15) is 58.8 Å². The fourth-order valence-corrected chi connectivity index (χ4v) is 4.08. The van der Waals surface area contributed by atoms with Crippen LogP contribution >= 0.6 is 0 Å². The lowest BCUT2D eigenvalue weighted by Crippen LogP contribution is -2.44. The molecule has 0 aromatic rings. The second-order valence-electron chi connectivity index (χ2n) is 5.37. The number of hydrogen-bond donors (Lipinski definition) is 2. The molecule has 0 bridgehead atoms. The Bertz CT molecular complexity index is 319. The molecule has 1 fully saturated rings. The van der Waals surface area contributed by atoms with E-state index < -0.39 is 15.6 Å². The van der Waals surface area contributed by atoms with Gasteiger partial charge in [-0.3, -0.25) is 0 Å². The van der Waals surface area contributed by atoms with Crippen molar-refractivity contribution in [3.05, 3.63) is 0 Å². The van der Waals surface area contributed by atoms with Crippen molar-refractivity contribution < 1.29 is 13.5 Å². The number of hydrogen-bond acceptors (Lipinski definition) is 3. The third-order valence-electron chi connectivity index (χ3n) is 3.43. The molecule has 1 aliphatic rings. The normalized spacial score (nSPS) is 22.3. The summed E-state index contributed by atoms with van der Waals surface area (Å²) in [7, 11) is -3.24. The summed E-state index contributed by atoms with van der Waals surface area (Å²) in [5.74, 6) is 0. The van der Waals surface area contributed by atoms with Gasteiger partial charge in [0.2, 0.25) is 10.0 Å². The summed E-state index contributed by atoms with van der Waals surface area (Å²) in [6.45, 7) is 3.78. The number of nitrogens with one attached hydrogen (secondary N) is 1. The zero-order valence-corrected chi connectivity index (χ0v) is 11.7. The lowest BCUT2D eigenvalue weighted by molar-refractivity contribution is 0.0553. The van der Waals surface area contributed by atoms with Crippen molar-refractivity contribution in [2.45, 2.75) is 69.6 Å². The van der Waals surface area contributed by atoms with Gasteiger partial charge in [0.15, 0.2) is 0 Å². The topological polar surface area (TPSA) is 66.4 Å². The van der Waals surface area contributed by atoms with E-state index >= 15 is 0 Å². The van der Waals surface area contributed by atoms with Gasteiger partial charge in [-0.05, 0) is 26.2 Å². The molecule has 4 nitrogen and oxygen atoms in total. The monoisotopic (exact) mass is 263 g/mol. The van der Waals surface area contributed by atoms with Gasteiger partial charge in [0.05, 0.1) is 10.9 Å². The first-order valence-corrected chi connectivity index (χ1v) is 8.13. The van der Waals surface area contributed by atoms with E-state index in [0.717, 1.165) is 38.5 Å². The van der Waals surface area contributed by atoms with Crippen molar-refractivity contribution in [3.8, 4) is 0 Å². The van der Waals surface area contributed by atoms with Crippen molar-refractivity contribution in [2.24, 2.45) is 0 Å². The zero-order chi connectivity index (χ0) is 12.9. The number of rotatable bonds is 6. The molecular formula is C12H25NO3S. The summed E-state index contributed by atoms with van der Waals surface area (Å²) >= 11 is 0. The van der Waals surface area contributed by atoms with Gasteiger partial charge in [-0.1, -0.05) is 32.6 Å². The molecule has 0 spiro atoms. The highest BCUT2D eigenvalue weighted by molar-refractivity contribution is 7.90. The SMILES string of the molecule is CCCC(C)(O)CNS(=O)(=O)C1CCCCC1. The van der Waals surface area contributed by atoms with E-state index in [1.54, 1.807) is 6.92 Å². The Morgan fingerprint density at radius 2 is 1.88 bits per heavy atom. The van der Waals surface area contributed by atoms with Crippen molar-refractivity contribution in [1.29, 1.82) is 0 Å². The highest BCUT2D eigenvalue weighted by atomic mass is 32.2. The summed E-state index contributed by atoms with van der Waals surface area (Å²) in [6.07, 6.45) is 6.10. The third-order valence-corrected chi connectivity index (χ3v) is 5.33. The standard InChI is InChI=1S/C12H25NO3S/c1-3-9-12(2,14)10-13-17(15,16)11-7-5-4-6-8-11/h11,13-14H,3-10H2,1-2H3. The molecule has 0 amide bonds. The van der Waals surface area contributed by atoms with Gasteiger partial charge in [-0.15, -0.1) is 0 Å². The maximum atomic E-state index is 12.0. The van der Waals surface area contributed by atoms with Gasteiger partial charge in [0.1, 0.15) is 0 Å². The van der Waals surface area contributed by atoms with Crippen LogP contribution in [-0.2, 0) is 10.0 Å². The predicted molar refractivity (Wildman–Crippen MR) is 69.3 cm³/mol. The van der Waals surface area contributed by atoms with E-state index in [1.807, 2.05) is 6.92 Å². The molecule has 1 unspecified atom stereocenters. The predicted octanol–water partition coefficient (Wildman–Crippen LogP) is 1.79. The average Bonchev–Trinajstić information content (AvgIpc) is 2.28. The van der Waals surface area contributed by atoms with Gasteiger partial charge in [-0.2, -0.15) is 0 Å². The first-order chi connectivity index (χ1) is 7.87. The fraction of sp³-hybridized carbons (Fsp3) is 1.00. The molecule has 1 atom stereocenters. The minimum atomic E-state index is -3.24. The minimum absolute atomic E-state index is 0.125. The summed E-state index contributed by atoms with van der Waals surface area (Å²) in [4.78, 5) is 0. The summed E-state index contributed by atoms with van der Waals surface area (Å²) < 4.78 is 26.6. The molecule has 1 saturated carbocycles. The molecule has 0 heterocycles. The average molecular weight is 263 g/mol. The Balaban J connectivity index is 2.49. The Hall–Kier alpha value is -0.130. The highest BCUT2D eigenvalue weighted by Crippen LogP contribution is 2.23. The van der Waals surface area contributed by atoms with Crippen LogP contribution in [0.5, 0.6) is 0 Å². The van der Waals surface area contributed by atoms with Gasteiger partial charge in [-0.25, -0.2) is 13.1 Å². The van der Waals surface area contributed by atoms with Crippen LogP contribution in [0.3, 0.4) is 0 Å². The number of aliphatic hydroxyl groups is 1.